The predicted octanol–water partition coefficient (Wildman–Crippen LogP) is 0.901. The van der Waals surface area contributed by atoms with Crippen molar-refractivity contribution < 1.29 is 4.74 Å². The van der Waals surface area contributed by atoms with Crippen LogP contribution in [0.2, 0.25) is 0 Å². The number of ether oxygens (including phenoxy) is 1. The summed E-state index contributed by atoms with van der Waals surface area (Å²) in [5.41, 5.74) is 5.74. The van der Waals surface area contributed by atoms with Gasteiger partial charge in [-0.2, -0.15) is 0 Å². The molecule has 0 spiro atoms. The molecular weight excluding hydrogens is 114 g/mol. The maximum absolute atomic E-state index is 5.74. The van der Waals surface area contributed by atoms with Gasteiger partial charge in [0.15, 0.2) is 0 Å². The molecule has 0 bridgehead atoms. The van der Waals surface area contributed by atoms with E-state index in [9.17, 15) is 0 Å². The molecule has 0 aromatic rings. The Kier molecular flexibility index (Phi) is 2.09. The molecule has 1 rings (SSSR count). The molecule has 0 amide bonds. The quantitative estimate of drug-likeness (QED) is 0.527. The van der Waals surface area contributed by atoms with Crippen LogP contribution in [0, 0.1) is 0 Å². The zero-order chi connectivity index (χ0) is 6.85. The molecule has 2 N–H and O–H groups in total. The highest BCUT2D eigenvalue weighted by atomic mass is 16.5. The van der Waals surface area contributed by atoms with E-state index in [-0.39, 0.29) is 0 Å². The molecule has 54 valence electrons. The van der Waals surface area contributed by atoms with E-state index >= 15 is 0 Å². The Morgan fingerprint density at radius 1 is 1.22 bits per heavy atom. The van der Waals surface area contributed by atoms with Gasteiger partial charge in [-0.25, -0.2) is 0 Å². The summed E-state index contributed by atoms with van der Waals surface area (Å²) in [5.74, 6) is 0. The summed E-state index contributed by atoms with van der Waals surface area (Å²) in [7, 11) is 0. The molecule has 0 aromatic carbocycles. The SMILES string of the molecule is C[C@H]1CC(N)C[C@H](C)O1. The van der Waals surface area contributed by atoms with E-state index in [0.29, 0.717) is 18.2 Å². The van der Waals surface area contributed by atoms with Gasteiger partial charge in [0, 0.05) is 6.04 Å². The molecule has 2 heteroatoms. The number of hydrogen-bond donors (Lipinski definition) is 1. The lowest BCUT2D eigenvalue weighted by atomic mass is 10.0. The van der Waals surface area contributed by atoms with Crippen LogP contribution < -0.4 is 5.73 Å². The molecule has 0 unspecified atom stereocenters. The first-order chi connectivity index (χ1) is 4.18. The maximum Gasteiger partial charge on any atom is 0.0565 e. The molecule has 0 saturated carbocycles. The minimum atomic E-state index is 0.365. The summed E-state index contributed by atoms with van der Waals surface area (Å²) >= 11 is 0. The van der Waals surface area contributed by atoms with Gasteiger partial charge in [-0.05, 0) is 26.7 Å². The summed E-state index contributed by atoms with van der Waals surface area (Å²) in [5, 5.41) is 0. The van der Waals surface area contributed by atoms with Gasteiger partial charge < -0.3 is 10.5 Å². The van der Waals surface area contributed by atoms with Crippen LogP contribution in [-0.4, -0.2) is 18.2 Å². The van der Waals surface area contributed by atoms with Gasteiger partial charge >= 0.3 is 0 Å². The molecule has 0 radical (unpaired) electrons. The monoisotopic (exact) mass is 129 g/mol. The minimum Gasteiger partial charge on any atom is -0.375 e. The second-order valence-electron chi connectivity index (χ2n) is 2.99. The van der Waals surface area contributed by atoms with Gasteiger partial charge in [0.1, 0.15) is 0 Å². The van der Waals surface area contributed by atoms with Crippen LogP contribution in [0.15, 0.2) is 0 Å². The van der Waals surface area contributed by atoms with Crippen molar-refractivity contribution >= 4 is 0 Å². The second-order valence-corrected chi connectivity index (χ2v) is 2.99. The summed E-state index contributed by atoms with van der Waals surface area (Å²) in [4.78, 5) is 0. The molecule has 0 aromatic heterocycles. The average molecular weight is 129 g/mol. The van der Waals surface area contributed by atoms with Crippen LogP contribution in [0.5, 0.6) is 0 Å². The van der Waals surface area contributed by atoms with E-state index in [1.807, 2.05) is 0 Å². The minimum absolute atomic E-state index is 0.365. The highest BCUT2D eigenvalue weighted by molar-refractivity contribution is 4.74. The molecule has 1 fully saturated rings. The molecule has 1 heterocycles. The fourth-order valence-electron chi connectivity index (χ4n) is 1.46. The number of nitrogens with two attached hydrogens (primary N) is 1. The second kappa shape index (κ2) is 2.67. The Morgan fingerprint density at radius 2 is 1.67 bits per heavy atom. The van der Waals surface area contributed by atoms with Crippen LogP contribution in [0.3, 0.4) is 0 Å². The maximum atomic E-state index is 5.74. The summed E-state index contributed by atoms with van der Waals surface area (Å²) in [6.45, 7) is 4.16. The van der Waals surface area contributed by atoms with Crippen molar-refractivity contribution in [3.63, 3.8) is 0 Å². The van der Waals surface area contributed by atoms with Crippen molar-refractivity contribution in [1.29, 1.82) is 0 Å². The van der Waals surface area contributed by atoms with Crippen molar-refractivity contribution in [2.75, 3.05) is 0 Å². The van der Waals surface area contributed by atoms with E-state index in [0.717, 1.165) is 12.8 Å². The van der Waals surface area contributed by atoms with Crippen LogP contribution in [0.25, 0.3) is 0 Å². The van der Waals surface area contributed by atoms with Gasteiger partial charge in [-0.3, -0.25) is 0 Å². The third-order valence-electron chi connectivity index (χ3n) is 1.73. The zero-order valence-electron chi connectivity index (χ0n) is 6.13. The van der Waals surface area contributed by atoms with Gasteiger partial charge in [0.05, 0.1) is 12.2 Å². The first-order valence-electron chi connectivity index (χ1n) is 3.59. The van der Waals surface area contributed by atoms with E-state index in [1.165, 1.54) is 0 Å². The molecule has 1 saturated heterocycles. The summed E-state index contributed by atoms with van der Waals surface area (Å²) in [6.07, 6.45) is 2.77. The topological polar surface area (TPSA) is 35.2 Å². The van der Waals surface area contributed by atoms with Gasteiger partial charge in [0.25, 0.3) is 0 Å². The molecule has 1 aliphatic heterocycles. The zero-order valence-corrected chi connectivity index (χ0v) is 6.13. The third-order valence-corrected chi connectivity index (χ3v) is 1.73. The Morgan fingerprint density at radius 3 is 2.00 bits per heavy atom. The third kappa shape index (κ3) is 1.95. The first-order valence-corrected chi connectivity index (χ1v) is 3.59. The summed E-state index contributed by atoms with van der Waals surface area (Å²) in [6, 6.07) is 0.365. The number of hydrogen-bond acceptors (Lipinski definition) is 2. The Bertz CT molecular complexity index is 69.9. The lowest BCUT2D eigenvalue weighted by Gasteiger charge is -2.29. The van der Waals surface area contributed by atoms with Gasteiger partial charge in [0.2, 0.25) is 0 Å². The summed E-state index contributed by atoms with van der Waals surface area (Å²) < 4.78 is 5.48. The number of rotatable bonds is 0. The largest absolute Gasteiger partial charge is 0.375 e. The van der Waals surface area contributed by atoms with Crippen molar-refractivity contribution in [2.24, 2.45) is 5.73 Å². The Balaban J connectivity index is 2.34. The average Bonchev–Trinajstić information content (AvgIpc) is 1.59. The van der Waals surface area contributed by atoms with Crippen LogP contribution >= 0.6 is 0 Å². The van der Waals surface area contributed by atoms with Gasteiger partial charge in [-0.15, -0.1) is 0 Å². The molecule has 9 heavy (non-hydrogen) atoms. The molecule has 2 atom stereocenters. The molecule has 1 aliphatic rings. The highest BCUT2D eigenvalue weighted by Crippen LogP contribution is 2.16. The predicted molar refractivity (Wildman–Crippen MR) is 37.2 cm³/mol. The Labute approximate surface area is 56.4 Å². The van der Waals surface area contributed by atoms with Crippen LogP contribution in [-0.2, 0) is 4.74 Å². The van der Waals surface area contributed by atoms with E-state index < -0.39 is 0 Å². The Hall–Kier alpha value is -0.0800. The highest BCUT2D eigenvalue weighted by Gasteiger charge is 2.20. The molecule has 0 aliphatic carbocycles. The lowest BCUT2D eigenvalue weighted by Crippen LogP contribution is -2.37. The fourth-order valence-corrected chi connectivity index (χ4v) is 1.46. The smallest absolute Gasteiger partial charge is 0.0565 e. The fraction of sp³-hybridized carbons (Fsp3) is 1.00. The van der Waals surface area contributed by atoms with Crippen molar-refractivity contribution in [1.82, 2.24) is 0 Å². The van der Waals surface area contributed by atoms with Crippen LogP contribution in [0.1, 0.15) is 26.7 Å². The molecular formula is C7H15NO. The van der Waals surface area contributed by atoms with E-state index in [1.54, 1.807) is 0 Å². The van der Waals surface area contributed by atoms with E-state index in [2.05, 4.69) is 13.8 Å². The first kappa shape index (κ1) is 7.03. The standard InChI is InChI=1S/C7H15NO/c1-5-3-7(8)4-6(2)9-5/h5-7H,3-4,8H2,1-2H3/t5-,6-/m0/s1. The van der Waals surface area contributed by atoms with Crippen molar-refractivity contribution in [3.8, 4) is 0 Å². The normalized spacial score (nSPS) is 45.0. The van der Waals surface area contributed by atoms with Crippen LogP contribution in [0.4, 0.5) is 0 Å². The molecule has 2 nitrogen and oxygen atoms in total. The lowest BCUT2D eigenvalue weighted by molar-refractivity contribution is -0.0365. The van der Waals surface area contributed by atoms with E-state index in [4.69, 9.17) is 10.5 Å². The van der Waals surface area contributed by atoms with Crippen molar-refractivity contribution in [3.05, 3.63) is 0 Å². The van der Waals surface area contributed by atoms with Crippen molar-refractivity contribution in [2.45, 2.75) is 44.9 Å². The van der Waals surface area contributed by atoms with Gasteiger partial charge in [-0.1, -0.05) is 0 Å².